The zero-order valence-electron chi connectivity index (χ0n) is 8.46. The van der Waals surface area contributed by atoms with Crippen LogP contribution in [0.4, 0.5) is 0 Å². The largest absolute Gasteiger partial charge is 0.466 e. The van der Waals surface area contributed by atoms with Crippen LogP contribution in [-0.2, 0) is 19.1 Å². The number of rotatable bonds is 6. The number of hydrogen-bond donors (Lipinski definition) is 1. The third kappa shape index (κ3) is 5.29. The minimum Gasteiger partial charge on any atom is -0.466 e. The van der Waals surface area contributed by atoms with Gasteiger partial charge in [-0.1, -0.05) is 0 Å². The van der Waals surface area contributed by atoms with E-state index in [9.17, 15) is 9.59 Å². The van der Waals surface area contributed by atoms with E-state index in [1.807, 2.05) is 0 Å². The summed E-state index contributed by atoms with van der Waals surface area (Å²) in [5.41, 5.74) is -0.195. The van der Waals surface area contributed by atoms with Crippen molar-refractivity contribution >= 4 is 17.7 Å². The second-order valence-electron chi connectivity index (χ2n) is 2.50. The highest BCUT2D eigenvalue weighted by Gasteiger charge is 2.12. The maximum atomic E-state index is 10.9. The highest BCUT2D eigenvalue weighted by molar-refractivity contribution is 6.35. The van der Waals surface area contributed by atoms with Gasteiger partial charge < -0.3 is 9.47 Å². The summed E-state index contributed by atoms with van der Waals surface area (Å²) in [6.07, 6.45) is 0.114. The molecule has 5 heteroatoms. The van der Waals surface area contributed by atoms with Gasteiger partial charge in [0.25, 0.3) is 0 Å². The third-order valence-corrected chi connectivity index (χ3v) is 1.41. The molecule has 0 saturated heterocycles. The quantitative estimate of drug-likeness (QED) is 0.512. The van der Waals surface area contributed by atoms with E-state index in [1.54, 1.807) is 13.8 Å². The molecule has 0 aromatic carbocycles. The Morgan fingerprint density at radius 1 is 1.07 bits per heavy atom. The Morgan fingerprint density at radius 3 is 2.14 bits per heavy atom. The second kappa shape index (κ2) is 7.06. The molecule has 0 saturated carbocycles. The van der Waals surface area contributed by atoms with Gasteiger partial charge >= 0.3 is 11.9 Å². The van der Waals surface area contributed by atoms with E-state index in [0.717, 1.165) is 0 Å². The number of hydrogen-bond acceptors (Lipinski definition) is 5. The van der Waals surface area contributed by atoms with E-state index < -0.39 is 11.9 Å². The number of carbonyl (C=O) groups excluding carboxylic acids is 2. The average Bonchev–Trinajstić information content (AvgIpc) is 2.15. The Balaban J connectivity index is 3.73. The van der Waals surface area contributed by atoms with Crippen molar-refractivity contribution in [1.29, 1.82) is 5.41 Å². The molecule has 0 amide bonds. The van der Waals surface area contributed by atoms with Gasteiger partial charge in [0.1, 0.15) is 5.71 Å². The summed E-state index contributed by atoms with van der Waals surface area (Å²) in [6.45, 7) is 3.91. The van der Waals surface area contributed by atoms with Crippen LogP contribution in [-0.4, -0.2) is 30.9 Å². The minimum absolute atomic E-state index is 0.0471. The van der Waals surface area contributed by atoms with Crippen molar-refractivity contribution in [2.75, 3.05) is 13.2 Å². The molecule has 0 aliphatic carbocycles. The Morgan fingerprint density at radius 2 is 1.64 bits per heavy atom. The van der Waals surface area contributed by atoms with Gasteiger partial charge in [-0.3, -0.25) is 10.2 Å². The predicted molar refractivity (Wildman–Crippen MR) is 50.2 cm³/mol. The van der Waals surface area contributed by atoms with Crippen molar-refractivity contribution in [3.63, 3.8) is 0 Å². The van der Waals surface area contributed by atoms with Crippen LogP contribution in [0.25, 0.3) is 0 Å². The van der Waals surface area contributed by atoms with Gasteiger partial charge in [0, 0.05) is 6.42 Å². The van der Waals surface area contributed by atoms with Crippen molar-refractivity contribution in [3.05, 3.63) is 0 Å². The van der Waals surface area contributed by atoms with Crippen molar-refractivity contribution in [1.82, 2.24) is 0 Å². The van der Waals surface area contributed by atoms with Crippen LogP contribution in [0.5, 0.6) is 0 Å². The molecular formula is C9H15NO4. The molecule has 0 bridgehead atoms. The molecule has 14 heavy (non-hydrogen) atoms. The van der Waals surface area contributed by atoms with Crippen LogP contribution in [0.1, 0.15) is 26.7 Å². The second-order valence-corrected chi connectivity index (χ2v) is 2.50. The Bertz CT molecular complexity index is 225. The molecule has 0 aromatic heterocycles. The molecule has 1 N–H and O–H groups in total. The smallest absolute Gasteiger partial charge is 0.351 e. The molecule has 0 fully saturated rings. The van der Waals surface area contributed by atoms with Gasteiger partial charge in [0.05, 0.1) is 19.6 Å². The predicted octanol–water partition coefficient (Wildman–Crippen LogP) is 0.913. The van der Waals surface area contributed by atoms with Crippen LogP contribution in [0.2, 0.25) is 0 Å². The molecule has 0 unspecified atom stereocenters. The van der Waals surface area contributed by atoms with E-state index in [2.05, 4.69) is 9.47 Å². The lowest BCUT2D eigenvalue weighted by molar-refractivity contribution is -0.142. The number of ether oxygens (including phenoxy) is 2. The molecule has 0 radical (unpaired) electrons. The summed E-state index contributed by atoms with van der Waals surface area (Å²) in [4.78, 5) is 21.8. The number of nitrogens with one attached hydrogen (secondary N) is 1. The van der Waals surface area contributed by atoms with Gasteiger partial charge in [0.15, 0.2) is 0 Å². The molecule has 0 heterocycles. The molecule has 0 rings (SSSR count). The van der Waals surface area contributed by atoms with Gasteiger partial charge in [0.2, 0.25) is 0 Å². The third-order valence-electron chi connectivity index (χ3n) is 1.41. The average molecular weight is 201 g/mol. The fraction of sp³-hybridized carbons (Fsp3) is 0.667. The molecule has 80 valence electrons. The zero-order valence-corrected chi connectivity index (χ0v) is 8.46. The molecule has 0 spiro atoms. The van der Waals surface area contributed by atoms with E-state index >= 15 is 0 Å². The van der Waals surface area contributed by atoms with Crippen molar-refractivity contribution in [2.45, 2.75) is 26.7 Å². The molecule has 5 nitrogen and oxygen atoms in total. The van der Waals surface area contributed by atoms with Crippen LogP contribution in [0.3, 0.4) is 0 Å². The SMILES string of the molecule is CCOC(=O)CCC(=N)C(=O)OCC. The summed E-state index contributed by atoms with van der Waals surface area (Å²) in [5, 5.41) is 7.24. The lowest BCUT2D eigenvalue weighted by Crippen LogP contribution is -2.18. The Labute approximate surface area is 82.9 Å². The lowest BCUT2D eigenvalue weighted by Gasteiger charge is -2.03. The van der Waals surface area contributed by atoms with Crippen LogP contribution < -0.4 is 0 Å². The van der Waals surface area contributed by atoms with Crippen LogP contribution in [0, 0.1) is 5.41 Å². The first-order chi connectivity index (χ1) is 6.61. The fourth-order valence-electron chi connectivity index (χ4n) is 0.780. The maximum absolute atomic E-state index is 10.9. The Kier molecular flexibility index (Phi) is 6.36. The number of carbonyl (C=O) groups is 2. The molecular weight excluding hydrogens is 186 g/mol. The molecule has 0 atom stereocenters. The minimum atomic E-state index is -0.670. The lowest BCUT2D eigenvalue weighted by atomic mass is 10.2. The van der Waals surface area contributed by atoms with Gasteiger partial charge in [-0.2, -0.15) is 0 Å². The number of esters is 2. The molecule has 0 aromatic rings. The van der Waals surface area contributed by atoms with Crippen molar-refractivity contribution in [3.8, 4) is 0 Å². The van der Waals surface area contributed by atoms with E-state index in [-0.39, 0.29) is 25.2 Å². The molecule has 0 aliphatic rings. The normalized spacial score (nSPS) is 9.29. The first-order valence-electron chi connectivity index (χ1n) is 4.52. The van der Waals surface area contributed by atoms with E-state index in [1.165, 1.54) is 0 Å². The van der Waals surface area contributed by atoms with E-state index in [0.29, 0.717) is 6.61 Å². The first-order valence-corrected chi connectivity index (χ1v) is 4.52. The summed E-state index contributed by atoms with van der Waals surface area (Å²) >= 11 is 0. The summed E-state index contributed by atoms with van der Waals surface area (Å²) in [7, 11) is 0. The van der Waals surface area contributed by atoms with Crippen LogP contribution in [0.15, 0.2) is 0 Å². The highest BCUT2D eigenvalue weighted by Crippen LogP contribution is 1.96. The van der Waals surface area contributed by atoms with Crippen molar-refractivity contribution in [2.24, 2.45) is 0 Å². The van der Waals surface area contributed by atoms with Gasteiger partial charge in [-0.05, 0) is 13.8 Å². The highest BCUT2D eigenvalue weighted by atomic mass is 16.5. The van der Waals surface area contributed by atoms with Gasteiger partial charge in [-0.25, -0.2) is 4.79 Å². The summed E-state index contributed by atoms with van der Waals surface area (Å²) < 4.78 is 9.22. The standard InChI is InChI=1S/C9H15NO4/c1-3-13-8(11)6-5-7(10)9(12)14-4-2/h10H,3-6H2,1-2H3. The van der Waals surface area contributed by atoms with Crippen molar-refractivity contribution < 1.29 is 19.1 Å². The Hall–Kier alpha value is -1.39. The maximum Gasteiger partial charge on any atom is 0.351 e. The summed E-state index contributed by atoms with van der Waals surface area (Å²) in [5.74, 6) is -1.07. The fourth-order valence-corrected chi connectivity index (χ4v) is 0.780. The zero-order chi connectivity index (χ0) is 11.0. The van der Waals surface area contributed by atoms with Gasteiger partial charge in [-0.15, -0.1) is 0 Å². The topological polar surface area (TPSA) is 76.5 Å². The van der Waals surface area contributed by atoms with E-state index in [4.69, 9.17) is 5.41 Å². The van der Waals surface area contributed by atoms with Crippen LogP contribution >= 0.6 is 0 Å². The summed E-state index contributed by atoms with van der Waals surface area (Å²) in [6, 6.07) is 0. The first kappa shape index (κ1) is 12.6. The molecule has 0 aliphatic heterocycles. The monoisotopic (exact) mass is 201 g/mol.